The fraction of sp³-hybridized carbons (Fsp3) is 1.00. The van der Waals surface area contributed by atoms with Gasteiger partial charge in [0.2, 0.25) is 0 Å². The van der Waals surface area contributed by atoms with Crippen molar-refractivity contribution in [1.82, 2.24) is 0 Å². The van der Waals surface area contributed by atoms with Gasteiger partial charge in [-0.2, -0.15) is 23.5 Å². The standard InChI is InChI=1S/C14H25NO2S2/c15-13(12-10-19-8-5-16-12)11-1-4-17-14(9-11)2-6-18-7-3-14/h11-13H,1-10,15H2. The Hall–Kier alpha value is 0.580. The van der Waals surface area contributed by atoms with E-state index in [2.05, 4.69) is 11.8 Å². The van der Waals surface area contributed by atoms with E-state index in [-0.39, 0.29) is 17.7 Å². The Morgan fingerprint density at radius 1 is 1.11 bits per heavy atom. The molecule has 0 aromatic rings. The summed E-state index contributed by atoms with van der Waals surface area (Å²) in [5.41, 5.74) is 6.66. The highest BCUT2D eigenvalue weighted by Gasteiger charge is 2.42. The van der Waals surface area contributed by atoms with E-state index in [9.17, 15) is 0 Å². The van der Waals surface area contributed by atoms with Gasteiger partial charge in [-0.25, -0.2) is 0 Å². The summed E-state index contributed by atoms with van der Waals surface area (Å²) in [4.78, 5) is 0. The van der Waals surface area contributed by atoms with Crippen LogP contribution in [0.1, 0.15) is 25.7 Å². The third-order valence-electron chi connectivity index (χ3n) is 4.75. The van der Waals surface area contributed by atoms with Crippen LogP contribution in [0.2, 0.25) is 0 Å². The molecule has 5 heteroatoms. The second kappa shape index (κ2) is 6.56. The number of thioether (sulfide) groups is 2. The van der Waals surface area contributed by atoms with Crippen molar-refractivity contribution in [3.63, 3.8) is 0 Å². The normalized spacial score (nSPS) is 37.1. The van der Waals surface area contributed by atoms with Crippen molar-refractivity contribution >= 4 is 23.5 Å². The Balaban J connectivity index is 1.60. The first kappa shape index (κ1) is 14.5. The molecular formula is C14H25NO2S2. The van der Waals surface area contributed by atoms with Gasteiger partial charge in [-0.15, -0.1) is 0 Å². The van der Waals surface area contributed by atoms with Crippen LogP contribution in [0.5, 0.6) is 0 Å². The molecule has 0 amide bonds. The lowest BCUT2D eigenvalue weighted by atomic mass is 9.77. The molecule has 3 saturated heterocycles. The minimum atomic E-state index is 0.146. The second-order valence-electron chi connectivity index (χ2n) is 5.96. The van der Waals surface area contributed by atoms with Crippen molar-refractivity contribution in [3.8, 4) is 0 Å². The SMILES string of the molecule is NC(C1CCOC2(CCSCC2)C1)C1CSCCO1. The summed E-state index contributed by atoms with van der Waals surface area (Å²) >= 11 is 4.04. The molecule has 0 aromatic carbocycles. The molecule has 3 nitrogen and oxygen atoms in total. The zero-order valence-corrected chi connectivity index (χ0v) is 13.1. The van der Waals surface area contributed by atoms with Gasteiger partial charge in [0, 0.05) is 24.2 Å². The molecule has 3 atom stereocenters. The smallest absolute Gasteiger partial charge is 0.0819 e. The van der Waals surface area contributed by atoms with Crippen LogP contribution in [0.15, 0.2) is 0 Å². The summed E-state index contributed by atoms with van der Waals surface area (Å²) in [6.45, 7) is 1.76. The zero-order valence-electron chi connectivity index (χ0n) is 11.5. The molecule has 0 bridgehead atoms. The molecule has 0 aromatic heterocycles. The van der Waals surface area contributed by atoms with Gasteiger partial charge in [0.05, 0.1) is 18.3 Å². The van der Waals surface area contributed by atoms with Crippen LogP contribution in [0.25, 0.3) is 0 Å². The molecule has 2 N–H and O–H groups in total. The van der Waals surface area contributed by atoms with Crippen LogP contribution in [0.3, 0.4) is 0 Å². The van der Waals surface area contributed by atoms with Crippen LogP contribution >= 0.6 is 23.5 Å². The van der Waals surface area contributed by atoms with E-state index >= 15 is 0 Å². The van der Waals surface area contributed by atoms with E-state index < -0.39 is 0 Å². The van der Waals surface area contributed by atoms with Crippen molar-refractivity contribution < 1.29 is 9.47 Å². The third-order valence-corrected chi connectivity index (χ3v) is 6.76. The highest BCUT2D eigenvalue weighted by molar-refractivity contribution is 7.99. The van der Waals surface area contributed by atoms with Crippen molar-refractivity contribution in [2.24, 2.45) is 11.7 Å². The van der Waals surface area contributed by atoms with Crippen molar-refractivity contribution in [2.75, 3.05) is 36.2 Å². The van der Waals surface area contributed by atoms with Crippen LogP contribution in [-0.2, 0) is 9.47 Å². The lowest BCUT2D eigenvalue weighted by Gasteiger charge is -2.46. The fourth-order valence-corrected chi connectivity index (χ4v) is 5.69. The Morgan fingerprint density at radius 2 is 1.95 bits per heavy atom. The first-order chi connectivity index (χ1) is 9.29. The van der Waals surface area contributed by atoms with E-state index in [4.69, 9.17) is 15.2 Å². The Labute approximate surface area is 124 Å². The molecule has 3 heterocycles. The molecule has 3 aliphatic heterocycles. The van der Waals surface area contributed by atoms with Gasteiger partial charge in [0.1, 0.15) is 0 Å². The van der Waals surface area contributed by atoms with Gasteiger partial charge in [-0.05, 0) is 43.1 Å². The van der Waals surface area contributed by atoms with E-state index in [1.807, 2.05) is 11.8 Å². The Morgan fingerprint density at radius 3 is 2.68 bits per heavy atom. The Kier molecular flexibility index (Phi) is 5.01. The van der Waals surface area contributed by atoms with Crippen LogP contribution in [-0.4, -0.2) is 54.0 Å². The molecule has 3 aliphatic rings. The number of hydrogen-bond acceptors (Lipinski definition) is 5. The molecule has 0 aliphatic carbocycles. The number of ether oxygens (including phenoxy) is 2. The topological polar surface area (TPSA) is 44.5 Å². The summed E-state index contributed by atoms with van der Waals surface area (Å²) < 4.78 is 12.0. The van der Waals surface area contributed by atoms with Crippen molar-refractivity contribution in [3.05, 3.63) is 0 Å². The highest BCUT2D eigenvalue weighted by Crippen LogP contribution is 2.41. The van der Waals surface area contributed by atoms with Gasteiger partial charge >= 0.3 is 0 Å². The molecule has 1 spiro atoms. The number of hydrogen-bond donors (Lipinski definition) is 1. The third kappa shape index (κ3) is 3.43. The van der Waals surface area contributed by atoms with Crippen LogP contribution in [0, 0.1) is 5.92 Å². The summed E-state index contributed by atoms with van der Waals surface area (Å²) in [7, 11) is 0. The molecule has 3 unspecified atom stereocenters. The predicted octanol–water partition coefficient (Wildman–Crippen LogP) is 2.14. The molecule has 0 radical (unpaired) electrons. The molecule has 110 valence electrons. The van der Waals surface area contributed by atoms with Crippen molar-refractivity contribution in [2.45, 2.75) is 43.4 Å². The predicted molar refractivity (Wildman–Crippen MR) is 83.0 cm³/mol. The second-order valence-corrected chi connectivity index (χ2v) is 8.33. The molecule has 3 fully saturated rings. The van der Waals surface area contributed by atoms with Gasteiger partial charge in [0.25, 0.3) is 0 Å². The first-order valence-corrected chi connectivity index (χ1v) is 9.77. The Bertz CT molecular complexity index is 286. The van der Waals surface area contributed by atoms with E-state index in [1.165, 1.54) is 24.3 Å². The first-order valence-electron chi connectivity index (χ1n) is 7.46. The summed E-state index contributed by atoms with van der Waals surface area (Å²) in [5.74, 6) is 5.27. The van der Waals surface area contributed by atoms with Gasteiger partial charge in [-0.3, -0.25) is 0 Å². The molecule has 3 rings (SSSR count). The maximum atomic E-state index is 6.51. The monoisotopic (exact) mass is 303 g/mol. The van der Waals surface area contributed by atoms with Crippen LogP contribution in [0.4, 0.5) is 0 Å². The average molecular weight is 303 g/mol. The maximum Gasteiger partial charge on any atom is 0.0819 e. The maximum absolute atomic E-state index is 6.51. The molecule has 19 heavy (non-hydrogen) atoms. The van der Waals surface area contributed by atoms with Gasteiger partial charge in [0.15, 0.2) is 0 Å². The minimum Gasteiger partial charge on any atom is -0.375 e. The lowest BCUT2D eigenvalue weighted by molar-refractivity contribution is -0.112. The summed E-state index contributed by atoms with van der Waals surface area (Å²) in [5, 5.41) is 0. The average Bonchev–Trinajstić information content (AvgIpc) is 2.48. The fourth-order valence-electron chi connectivity index (χ4n) is 3.52. The van der Waals surface area contributed by atoms with E-state index in [1.54, 1.807) is 0 Å². The van der Waals surface area contributed by atoms with Crippen molar-refractivity contribution in [1.29, 1.82) is 0 Å². The van der Waals surface area contributed by atoms with Gasteiger partial charge < -0.3 is 15.2 Å². The van der Waals surface area contributed by atoms with Crippen LogP contribution < -0.4 is 5.73 Å². The zero-order chi connectivity index (χ0) is 13.1. The minimum absolute atomic E-state index is 0.146. The largest absolute Gasteiger partial charge is 0.375 e. The summed E-state index contributed by atoms with van der Waals surface area (Å²) in [6.07, 6.45) is 4.94. The summed E-state index contributed by atoms with van der Waals surface area (Å²) in [6, 6.07) is 0.197. The molecular weight excluding hydrogens is 278 g/mol. The highest BCUT2D eigenvalue weighted by atomic mass is 32.2. The lowest BCUT2D eigenvalue weighted by Crippen LogP contribution is -2.52. The van der Waals surface area contributed by atoms with Gasteiger partial charge in [-0.1, -0.05) is 0 Å². The number of nitrogens with two attached hydrogens (primary N) is 1. The number of rotatable bonds is 2. The quantitative estimate of drug-likeness (QED) is 0.847. The van der Waals surface area contributed by atoms with E-state index in [0.29, 0.717) is 5.92 Å². The van der Waals surface area contributed by atoms with E-state index in [0.717, 1.165) is 37.6 Å². The molecule has 0 saturated carbocycles.